The first kappa shape index (κ1) is 23.5. The fourth-order valence-electron chi connectivity index (χ4n) is 2.85. The highest BCUT2D eigenvalue weighted by Gasteiger charge is 1.96. The van der Waals surface area contributed by atoms with E-state index in [2.05, 4.69) is 19.0 Å². The number of unbranched alkanes of at least 4 members (excludes halogenated alkanes) is 13. The van der Waals surface area contributed by atoms with Crippen LogP contribution in [0.4, 0.5) is 0 Å². The van der Waals surface area contributed by atoms with E-state index in [1.807, 2.05) is 0 Å². The van der Waals surface area contributed by atoms with Gasteiger partial charge in [0.25, 0.3) is 0 Å². The van der Waals surface area contributed by atoms with E-state index in [1.165, 1.54) is 77.0 Å². The van der Waals surface area contributed by atoms with E-state index < -0.39 is 0 Å². The molecule has 0 unspecified atom stereocenters. The Balaban J connectivity index is 3.06. The molecule has 3 nitrogen and oxygen atoms in total. The summed E-state index contributed by atoms with van der Waals surface area (Å²) in [5.41, 5.74) is 3.82. The lowest BCUT2D eigenvalue weighted by Gasteiger charge is -2.09. The third-order valence-electron chi connectivity index (χ3n) is 4.45. The van der Waals surface area contributed by atoms with Gasteiger partial charge in [-0.05, 0) is 25.7 Å². The van der Waals surface area contributed by atoms with Gasteiger partial charge in [0.1, 0.15) is 0 Å². The first-order valence-electron chi connectivity index (χ1n) is 10.5. The van der Waals surface area contributed by atoms with Crippen molar-refractivity contribution < 1.29 is 9.94 Å². The Labute approximate surface area is 151 Å². The third-order valence-corrected chi connectivity index (χ3v) is 4.45. The third kappa shape index (κ3) is 19.5. The van der Waals surface area contributed by atoms with E-state index in [9.17, 15) is 0 Å². The number of nitrogens with one attached hydrogen (secondary N) is 1. The van der Waals surface area contributed by atoms with Crippen LogP contribution in [0.15, 0.2) is 12.3 Å². The second kappa shape index (κ2) is 20.5. The van der Waals surface area contributed by atoms with Crippen LogP contribution in [0.1, 0.15) is 110 Å². The summed E-state index contributed by atoms with van der Waals surface area (Å²) in [4.78, 5) is 5.41. The number of hydrogen-bond donors (Lipinski definition) is 2. The molecule has 0 aromatic rings. The molecule has 0 fully saturated rings. The SMILES string of the molecule is C=C(CCCCO)NOCCCCCCCCCCCCCCC. The van der Waals surface area contributed by atoms with Gasteiger partial charge in [-0.15, -0.1) is 0 Å². The predicted molar refractivity (Wildman–Crippen MR) is 105 cm³/mol. The molecule has 24 heavy (non-hydrogen) atoms. The molecule has 0 heterocycles. The van der Waals surface area contributed by atoms with Gasteiger partial charge in [-0.25, -0.2) is 0 Å². The Morgan fingerprint density at radius 1 is 0.750 bits per heavy atom. The summed E-state index contributed by atoms with van der Waals surface area (Å²) >= 11 is 0. The molecule has 3 heteroatoms. The second-order valence-corrected chi connectivity index (χ2v) is 6.98. The molecule has 0 aliphatic heterocycles. The normalized spacial score (nSPS) is 10.9. The number of allylic oxidation sites excluding steroid dienone is 1. The van der Waals surface area contributed by atoms with Crippen molar-refractivity contribution in [3.05, 3.63) is 12.3 Å². The summed E-state index contributed by atoms with van der Waals surface area (Å²) < 4.78 is 0. The molecule has 0 atom stereocenters. The van der Waals surface area contributed by atoms with E-state index in [1.54, 1.807) is 0 Å². The first-order valence-corrected chi connectivity index (χ1v) is 10.5. The van der Waals surface area contributed by atoms with Crippen molar-refractivity contribution in [2.75, 3.05) is 13.2 Å². The molecule has 0 radical (unpaired) electrons. The zero-order valence-corrected chi connectivity index (χ0v) is 16.3. The molecule has 0 aliphatic carbocycles. The van der Waals surface area contributed by atoms with Gasteiger partial charge in [-0.3, -0.25) is 10.3 Å². The molecule has 0 aromatic carbocycles. The van der Waals surface area contributed by atoms with Crippen molar-refractivity contribution in [2.45, 2.75) is 110 Å². The average molecular weight is 342 g/mol. The summed E-state index contributed by atoms with van der Waals surface area (Å²) in [7, 11) is 0. The Hall–Kier alpha value is -0.540. The Kier molecular flexibility index (Phi) is 20.0. The quantitative estimate of drug-likeness (QED) is 0.202. The Morgan fingerprint density at radius 3 is 1.75 bits per heavy atom. The van der Waals surface area contributed by atoms with Crippen LogP contribution in [0, 0.1) is 0 Å². The minimum absolute atomic E-state index is 0.257. The molecular formula is C21H43NO2. The molecule has 144 valence electrons. The molecule has 0 spiro atoms. The minimum atomic E-state index is 0.257. The standard InChI is InChI=1S/C21H43NO2/c1-3-4-5-6-7-8-9-10-11-12-13-14-17-20-24-22-21(2)18-15-16-19-23/h22-23H,2-20H2,1H3. The highest BCUT2D eigenvalue weighted by Crippen LogP contribution is 2.12. The van der Waals surface area contributed by atoms with Gasteiger partial charge in [0.2, 0.25) is 0 Å². The lowest BCUT2D eigenvalue weighted by molar-refractivity contribution is 0.0574. The summed E-state index contributed by atoms with van der Waals surface area (Å²) in [5, 5.41) is 8.71. The summed E-state index contributed by atoms with van der Waals surface area (Å²) in [6.07, 6.45) is 20.5. The summed E-state index contributed by atoms with van der Waals surface area (Å²) in [5.74, 6) is 0. The zero-order chi connectivity index (χ0) is 17.7. The van der Waals surface area contributed by atoms with Crippen molar-refractivity contribution in [2.24, 2.45) is 0 Å². The van der Waals surface area contributed by atoms with Crippen molar-refractivity contribution in [1.82, 2.24) is 5.48 Å². The zero-order valence-electron chi connectivity index (χ0n) is 16.3. The maximum Gasteiger partial charge on any atom is 0.0745 e. The predicted octanol–water partition coefficient (Wildman–Crippen LogP) is 6.28. The highest BCUT2D eigenvalue weighted by atomic mass is 16.6. The highest BCUT2D eigenvalue weighted by molar-refractivity contribution is 4.86. The number of hydrogen-bond acceptors (Lipinski definition) is 3. The fourth-order valence-corrected chi connectivity index (χ4v) is 2.85. The molecule has 0 rings (SSSR count). The van der Waals surface area contributed by atoms with Gasteiger partial charge >= 0.3 is 0 Å². The van der Waals surface area contributed by atoms with Gasteiger partial charge in [-0.2, -0.15) is 0 Å². The fraction of sp³-hybridized carbons (Fsp3) is 0.905. The van der Waals surface area contributed by atoms with E-state index >= 15 is 0 Å². The molecule has 0 aromatic heterocycles. The van der Waals surface area contributed by atoms with Gasteiger partial charge in [0.05, 0.1) is 6.61 Å². The maximum absolute atomic E-state index is 8.71. The van der Waals surface area contributed by atoms with E-state index in [4.69, 9.17) is 9.94 Å². The Bertz CT molecular complexity index is 256. The molecule has 0 aliphatic rings. The van der Waals surface area contributed by atoms with Crippen molar-refractivity contribution in [3.8, 4) is 0 Å². The molecular weight excluding hydrogens is 298 g/mol. The van der Waals surface area contributed by atoms with Crippen LogP contribution in [0.5, 0.6) is 0 Å². The van der Waals surface area contributed by atoms with Crippen LogP contribution in [0.2, 0.25) is 0 Å². The van der Waals surface area contributed by atoms with Gasteiger partial charge in [-0.1, -0.05) is 90.6 Å². The van der Waals surface area contributed by atoms with Crippen LogP contribution >= 0.6 is 0 Å². The maximum atomic E-state index is 8.71. The van der Waals surface area contributed by atoms with E-state index in [-0.39, 0.29) is 6.61 Å². The lowest BCUT2D eigenvalue weighted by Crippen LogP contribution is -2.14. The van der Waals surface area contributed by atoms with Crippen LogP contribution in [-0.2, 0) is 4.84 Å². The van der Waals surface area contributed by atoms with Crippen LogP contribution in [-0.4, -0.2) is 18.3 Å². The smallest absolute Gasteiger partial charge is 0.0745 e. The van der Waals surface area contributed by atoms with Crippen molar-refractivity contribution >= 4 is 0 Å². The number of hydroxylamine groups is 1. The molecule has 0 saturated heterocycles. The molecule has 0 amide bonds. The van der Waals surface area contributed by atoms with Gasteiger partial charge < -0.3 is 5.11 Å². The topological polar surface area (TPSA) is 41.5 Å². The lowest BCUT2D eigenvalue weighted by atomic mass is 10.0. The van der Waals surface area contributed by atoms with Crippen molar-refractivity contribution in [1.29, 1.82) is 0 Å². The summed E-state index contributed by atoms with van der Waals surface area (Å²) in [6.45, 7) is 7.21. The van der Waals surface area contributed by atoms with Crippen LogP contribution in [0.25, 0.3) is 0 Å². The average Bonchev–Trinajstić information content (AvgIpc) is 2.58. The summed E-state index contributed by atoms with van der Waals surface area (Å²) in [6, 6.07) is 0. The molecule has 0 bridgehead atoms. The largest absolute Gasteiger partial charge is 0.396 e. The molecule has 0 saturated carbocycles. The number of aliphatic hydroxyl groups excluding tert-OH is 1. The van der Waals surface area contributed by atoms with Crippen LogP contribution < -0.4 is 5.48 Å². The molecule has 2 N–H and O–H groups in total. The van der Waals surface area contributed by atoms with Gasteiger partial charge in [0, 0.05) is 12.3 Å². The second-order valence-electron chi connectivity index (χ2n) is 6.98. The van der Waals surface area contributed by atoms with Gasteiger partial charge in [0.15, 0.2) is 0 Å². The van der Waals surface area contributed by atoms with E-state index in [0.29, 0.717) is 0 Å². The monoisotopic (exact) mass is 341 g/mol. The van der Waals surface area contributed by atoms with Crippen molar-refractivity contribution in [3.63, 3.8) is 0 Å². The van der Waals surface area contributed by atoms with E-state index in [0.717, 1.165) is 38.0 Å². The Morgan fingerprint density at radius 2 is 1.25 bits per heavy atom. The minimum Gasteiger partial charge on any atom is -0.396 e. The number of aliphatic hydroxyl groups is 1. The number of rotatable bonds is 20. The first-order chi connectivity index (χ1) is 11.8. The van der Waals surface area contributed by atoms with Crippen LogP contribution in [0.3, 0.4) is 0 Å².